The van der Waals surface area contributed by atoms with E-state index in [9.17, 15) is 22.7 Å². The average molecular weight is 353 g/mol. The Kier molecular flexibility index (Phi) is 5.08. The van der Waals surface area contributed by atoms with Crippen LogP contribution in [0.5, 0.6) is 5.75 Å². The normalized spacial score (nSPS) is 11.1. The summed E-state index contributed by atoms with van der Waals surface area (Å²) < 4.78 is 45.0. The van der Waals surface area contributed by atoms with Crippen LogP contribution in [0.2, 0.25) is 0 Å². The van der Waals surface area contributed by atoms with E-state index in [0.29, 0.717) is 0 Å². The summed E-state index contributed by atoms with van der Waals surface area (Å²) in [6, 6.07) is 8.73. The summed E-state index contributed by atoms with van der Waals surface area (Å²) in [7, 11) is -2.76. The van der Waals surface area contributed by atoms with Crippen molar-refractivity contribution in [3.05, 3.63) is 53.8 Å². The molecule has 0 fully saturated rings. The summed E-state index contributed by atoms with van der Waals surface area (Å²) in [5.74, 6) is -1.82. The molecule has 0 atom stereocenters. The van der Waals surface area contributed by atoms with Gasteiger partial charge in [-0.25, -0.2) is 17.6 Å². The molecule has 0 bridgehead atoms. The number of hydrogen-bond acceptors (Lipinski definition) is 4. The van der Waals surface area contributed by atoms with Gasteiger partial charge in [-0.05, 0) is 43.3 Å². The molecule has 128 valence electrons. The second kappa shape index (κ2) is 6.88. The quantitative estimate of drug-likeness (QED) is 0.863. The van der Waals surface area contributed by atoms with E-state index >= 15 is 0 Å². The number of anilines is 1. The Morgan fingerprint density at radius 3 is 2.50 bits per heavy atom. The molecule has 0 aliphatic rings. The maximum Gasteiger partial charge on any atom is 0.339 e. The van der Waals surface area contributed by atoms with Crippen molar-refractivity contribution in [1.82, 2.24) is 0 Å². The highest BCUT2D eigenvalue weighted by Gasteiger charge is 2.26. The monoisotopic (exact) mass is 353 g/mol. The Morgan fingerprint density at radius 2 is 1.96 bits per heavy atom. The van der Waals surface area contributed by atoms with E-state index in [0.717, 1.165) is 16.4 Å². The third-order valence-electron chi connectivity index (χ3n) is 3.37. The van der Waals surface area contributed by atoms with E-state index in [1.165, 1.54) is 37.4 Å². The molecular weight excluding hydrogens is 337 g/mol. The standard InChI is InChI=1S/C16H16FNO5S/c1-3-18(12-6-4-5-11(17)9-12)24(21,22)13-7-8-15(23-2)14(10-13)16(19)20/h4-10H,3H2,1-2H3,(H,19,20). The van der Waals surface area contributed by atoms with Gasteiger partial charge < -0.3 is 9.84 Å². The predicted octanol–water partition coefficient (Wildman–Crippen LogP) is 2.75. The minimum atomic E-state index is -4.05. The van der Waals surface area contributed by atoms with Crippen LogP contribution in [-0.2, 0) is 10.0 Å². The first kappa shape index (κ1) is 17.7. The smallest absolute Gasteiger partial charge is 0.339 e. The molecule has 2 aromatic rings. The van der Waals surface area contributed by atoms with Gasteiger partial charge in [0.2, 0.25) is 0 Å². The lowest BCUT2D eigenvalue weighted by Gasteiger charge is -2.23. The summed E-state index contributed by atoms with van der Waals surface area (Å²) in [6.07, 6.45) is 0. The lowest BCUT2D eigenvalue weighted by molar-refractivity contribution is 0.0693. The fourth-order valence-corrected chi connectivity index (χ4v) is 3.76. The van der Waals surface area contributed by atoms with E-state index in [1.807, 2.05) is 0 Å². The van der Waals surface area contributed by atoms with Gasteiger partial charge in [0.1, 0.15) is 17.1 Å². The maximum atomic E-state index is 13.4. The molecule has 0 heterocycles. The zero-order valence-electron chi connectivity index (χ0n) is 13.1. The summed E-state index contributed by atoms with van der Waals surface area (Å²) in [4.78, 5) is 11.1. The van der Waals surface area contributed by atoms with Gasteiger partial charge in [0.05, 0.1) is 17.7 Å². The molecule has 24 heavy (non-hydrogen) atoms. The molecular formula is C16H16FNO5S. The highest BCUT2D eigenvalue weighted by atomic mass is 32.2. The number of sulfonamides is 1. The summed E-state index contributed by atoms with van der Waals surface area (Å²) in [6.45, 7) is 1.66. The minimum absolute atomic E-state index is 0.0512. The largest absolute Gasteiger partial charge is 0.496 e. The summed E-state index contributed by atoms with van der Waals surface area (Å²) in [5, 5.41) is 9.20. The molecule has 0 spiro atoms. The van der Waals surface area contributed by atoms with Crippen LogP contribution < -0.4 is 9.04 Å². The van der Waals surface area contributed by atoms with Crippen LogP contribution in [0.4, 0.5) is 10.1 Å². The second-order valence-corrected chi connectivity index (χ2v) is 6.68. The number of ether oxygens (including phenoxy) is 1. The van der Waals surface area contributed by atoms with Crippen LogP contribution in [0.25, 0.3) is 0 Å². The fourth-order valence-electron chi connectivity index (χ4n) is 2.26. The molecule has 2 aromatic carbocycles. The number of carboxylic acids is 1. The number of nitrogens with zero attached hydrogens (tertiary/aromatic N) is 1. The van der Waals surface area contributed by atoms with Crippen LogP contribution in [0, 0.1) is 5.82 Å². The lowest BCUT2D eigenvalue weighted by Crippen LogP contribution is -2.31. The number of carbonyl (C=O) groups is 1. The predicted molar refractivity (Wildman–Crippen MR) is 86.6 cm³/mol. The van der Waals surface area contributed by atoms with Crippen molar-refractivity contribution in [1.29, 1.82) is 0 Å². The molecule has 1 N–H and O–H groups in total. The molecule has 6 nitrogen and oxygen atoms in total. The number of rotatable bonds is 6. The summed E-state index contributed by atoms with van der Waals surface area (Å²) >= 11 is 0. The van der Waals surface area contributed by atoms with Crippen LogP contribution >= 0.6 is 0 Å². The van der Waals surface area contributed by atoms with Gasteiger partial charge in [0.15, 0.2) is 0 Å². The average Bonchev–Trinajstić information content (AvgIpc) is 2.54. The molecule has 0 aliphatic carbocycles. The third-order valence-corrected chi connectivity index (χ3v) is 5.27. The van der Waals surface area contributed by atoms with E-state index in [1.54, 1.807) is 6.92 Å². The molecule has 0 saturated heterocycles. The number of carboxylic acid groups (broad SMARTS) is 1. The highest BCUT2D eigenvalue weighted by Crippen LogP contribution is 2.28. The van der Waals surface area contributed by atoms with Gasteiger partial charge in [0.25, 0.3) is 10.0 Å². The van der Waals surface area contributed by atoms with E-state index in [4.69, 9.17) is 4.74 Å². The zero-order chi connectivity index (χ0) is 17.9. The lowest BCUT2D eigenvalue weighted by atomic mass is 10.2. The van der Waals surface area contributed by atoms with Crippen molar-refractivity contribution in [3.63, 3.8) is 0 Å². The van der Waals surface area contributed by atoms with Gasteiger partial charge in [0, 0.05) is 6.54 Å². The van der Waals surface area contributed by atoms with Crippen molar-refractivity contribution in [2.45, 2.75) is 11.8 Å². The SMILES string of the molecule is CCN(c1cccc(F)c1)S(=O)(=O)c1ccc(OC)c(C(=O)O)c1. The van der Waals surface area contributed by atoms with Crippen molar-refractivity contribution >= 4 is 21.7 Å². The first-order valence-electron chi connectivity index (χ1n) is 7.01. The summed E-state index contributed by atoms with van der Waals surface area (Å²) in [5.41, 5.74) is -0.112. The zero-order valence-corrected chi connectivity index (χ0v) is 13.9. The molecule has 0 aliphatic heterocycles. The number of benzene rings is 2. The third kappa shape index (κ3) is 3.33. The number of aromatic carboxylic acids is 1. The number of hydrogen-bond donors (Lipinski definition) is 1. The molecule has 8 heteroatoms. The number of halogens is 1. The Labute approximate surface area is 139 Å². The van der Waals surface area contributed by atoms with Crippen LogP contribution in [0.3, 0.4) is 0 Å². The van der Waals surface area contributed by atoms with Gasteiger partial charge in [-0.1, -0.05) is 6.07 Å². The molecule has 0 saturated carbocycles. The fraction of sp³-hybridized carbons (Fsp3) is 0.188. The molecule has 0 aromatic heterocycles. The van der Waals surface area contributed by atoms with Crippen molar-refractivity contribution in [2.24, 2.45) is 0 Å². The Bertz CT molecular complexity index is 867. The van der Waals surface area contributed by atoms with E-state index < -0.39 is 21.8 Å². The Hall–Kier alpha value is -2.61. The minimum Gasteiger partial charge on any atom is -0.496 e. The van der Waals surface area contributed by atoms with Crippen LogP contribution in [0.15, 0.2) is 47.4 Å². The second-order valence-electron chi connectivity index (χ2n) is 4.82. The molecule has 0 amide bonds. The van der Waals surface area contributed by atoms with E-state index in [2.05, 4.69) is 0 Å². The Morgan fingerprint density at radius 1 is 1.25 bits per heavy atom. The first-order valence-corrected chi connectivity index (χ1v) is 8.45. The molecule has 0 radical (unpaired) electrons. The van der Waals surface area contributed by atoms with Crippen LogP contribution in [-0.4, -0.2) is 33.1 Å². The first-order chi connectivity index (χ1) is 11.3. The van der Waals surface area contributed by atoms with Crippen LogP contribution in [0.1, 0.15) is 17.3 Å². The molecule has 2 rings (SSSR count). The van der Waals surface area contributed by atoms with Crippen molar-refractivity contribution in [2.75, 3.05) is 18.0 Å². The van der Waals surface area contributed by atoms with Gasteiger partial charge in [-0.3, -0.25) is 4.31 Å². The number of methoxy groups -OCH3 is 1. The van der Waals surface area contributed by atoms with Gasteiger partial charge >= 0.3 is 5.97 Å². The van der Waals surface area contributed by atoms with Gasteiger partial charge in [-0.2, -0.15) is 0 Å². The van der Waals surface area contributed by atoms with Crippen molar-refractivity contribution < 1.29 is 27.4 Å². The topological polar surface area (TPSA) is 83.9 Å². The maximum absolute atomic E-state index is 13.4. The molecule has 0 unspecified atom stereocenters. The highest BCUT2D eigenvalue weighted by molar-refractivity contribution is 7.92. The van der Waals surface area contributed by atoms with Gasteiger partial charge in [-0.15, -0.1) is 0 Å². The van der Waals surface area contributed by atoms with E-state index in [-0.39, 0.29) is 28.4 Å². The Balaban J connectivity index is 2.56. The van der Waals surface area contributed by atoms with Crippen molar-refractivity contribution in [3.8, 4) is 5.75 Å².